The highest BCUT2D eigenvalue weighted by molar-refractivity contribution is 5.72. The average Bonchev–Trinajstić information content (AvgIpc) is 3.49. The van der Waals surface area contributed by atoms with Crippen LogP contribution in [0.15, 0.2) is 6.20 Å². The zero-order valence-corrected chi connectivity index (χ0v) is 20.5. The molecule has 10 nitrogen and oxygen atoms in total. The van der Waals surface area contributed by atoms with Gasteiger partial charge in [0.1, 0.15) is 23.6 Å². The second-order valence-corrected chi connectivity index (χ2v) is 10.8. The van der Waals surface area contributed by atoms with E-state index < -0.39 is 29.8 Å². The second-order valence-electron chi connectivity index (χ2n) is 10.8. The number of hydrogen-bond acceptors (Lipinski definition) is 8. The summed E-state index contributed by atoms with van der Waals surface area (Å²) in [6, 6.07) is -0.569. The summed E-state index contributed by atoms with van der Waals surface area (Å²) in [7, 11) is 0. The molecular formula is C24H34N4O6. The quantitative estimate of drug-likeness (QED) is 0.389. The molecule has 34 heavy (non-hydrogen) atoms. The Balaban J connectivity index is 1.72. The smallest absolute Gasteiger partial charge is 0.408 e. The topological polar surface area (TPSA) is 124 Å². The van der Waals surface area contributed by atoms with Gasteiger partial charge in [-0.25, -0.2) is 4.79 Å². The van der Waals surface area contributed by atoms with Crippen LogP contribution in [-0.2, 0) is 20.7 Å². The van der Waals surface area contributed by atoms with E-state index in [1.165, 1.54) is 13.1 Å². The Bertz CT molecular complexity index is 986. The maximum absolute atomic E-state index is 12.7. The number of anilines is 1. The molecule has 1 N–H and O–H groups in total. The Morgan fingerprint density at radius 2 is 1.94 bits per heavy atom. The number of aromatic nitrogens is 1. The molecule has 1 aromatic heterocycles. The molecule has 186 valence electrons. The third-order valence-corrected chi connectivity index (χ3v) is 6.87. The first kappa shape index (κ1) is 24.2. The van der Waals surface area contributed by atoms with Gasteiger partial charge >= 0.3 is 17.7 Å². The Labute approximate surface area is 199 Å². The monoisotopic (exact) mass is 474 g/mol. The van der Waals surface area contributed by atoms with Gasteiger partial charge in [-0.15, -0.1) is 0 Å². The van der Waals surface area contributed by atoms with Crippen LogP contribution >= 0.6 is 0 Å². The number of hydrogen-bond donors (Lipinski definition) is 1. The number of pyridine rings is 1. The van der Waals surface area contributed by atoms with Crippen LogP contribution in [0.4, 0.5) is 16.2 Å². The second kappa shape index (κ2) is 9.03. The molecular weight excluding hydrogens is 440 g/mol. The number of nitrogens with zero attached hydrogens (tertiary/aromatic N) is 3. The Morgan fingerprint density at radius 3 is 2.53 bits per heavy atom. The number of piperidine rings is 1. The van der Waals surface area contributed by atoms with Crippen LogP contribution in [0.1, 0.15) is 71.1 Å². The minimum Gasteiger partial charge on any atom is -0.460 e. The molecule has 1 unspecified atom stereocenters. The number of rotatable bonds is 5. The zero-order chi connectivity index (χ0) is 24.8. The third kappa shape index (κ3) is 5.10. The Hall–Kier alpha value is -2.91. The van der Waals surface area contributed by atoms with Crippen LogP contribution in [0.25, 0.3) is 0 Å². The zero-order valence-electron chi connectivity index (χ0n) is 20.5. The minimum atomic E-state index is -0.688. The van der Waals surface area contributed by atoms with Crippen LogP contribution in [0.5, 0.6) is 0 Å². The van der Waals surface area contributed by atoms with Gasteiger partial charge in [-0.2, -0.15) is 0 Å². The molecule has 0 spiro atoms. The van der Waals surface area contributed by atoms with Crippen molar-refractivity contribution < 1.29 is 24.0 Å². The number of fused-ring (bicyclic) bond motifs is 1. The molecule has 10 heteroatoms. The van der Waals surface area contributed by atoms with Gasteiger partial charge in [0.25, 0.3) is 0 Å². The normalized spacial score (nSPS) is 26.6. The summed E-state index contributed by atoms with van der Waals surface area (Å²) >= 11 is 0. The fraction of sp³-hybridized carbons (Fsp3) is 0.708. The molecule has 1 aliphatic heterocycles. The van der Waals surface area contributed by atoms with Crippen molar-refractivity contribution in [2.75, 3.05) is 18.0 Å². The van der Waals surface area contributed by atoms with E-state index >= 15 is 0 Å². The highest BCUT2D eigenvalue weighted by Crippen LogP contribution is 2.47. The summed E-state index contributed by atoms with van der Waals surface area (Å²) in [6.07, 6.45) is 3.85. The molecule has 2 aliphatic carbocycles. The predicted molar refractivity (Wildman–Crippen MR) is 125 cm³/mol. The average molecular weight is 475 g/mol. The molecule has 1 amide bonds. The van der Waals surface area contributed by atoms with Crippen LogP contribution in [-0.4, -0.2) is 52.8 Å². The first-order valence-corrected chi connectivity index (χ1v) is 12.0. The predicted octanol–water partition coefficient (Wildman–Crippen LogP) is 3.71. The maximum Gasteiger partial charge on any atom is 0.408 e. The van der Waals surface area contributed by atoms with Crippen molar-refractivity contribution in [2.45, 2.75) is 84.0 Å². The number of nitrogens with one attached hydrogen (secondary N) is 1. The fourth-order valence-electron chi connectivity index (χ4n) is 5.35. The number of carbonyl (C=O) groups is 2. The fourth-order valence-corrected chi connectivity index (χ4v) is 5.35. The largest absolute Gasteiger partial charge is 0.460 e. The summed E-state index contributed by atoms with van der Waals surface area (Å²) in [5.74, 6) is 0.107. The SMILES string of the molecule is CC(=O)O[C@@H]1[C@@H](C2CC2)CN(c2c([N+](=O)[O-])cnc3c2CCC3C)C[C@H]1NC(=O)OC(C)(C)C. The lowest BCUT2D eigenvalue weighted by molar-refractivity contribution is -0.384. The number of nitro groups is 1. The van der Waals surface area contributed by atoms with Gasteiger partial charge in [0.05, 0.1) is 11.0 Å². The van der Waals surface area contributed by atoms with Crippen molar-refractivity contribution in [1.82, 2.24) is 10.3 Å². The highest BCUT2D eigenvalue weighted by Gasteiger charge is 2.48. The van der Waals surface area contributed by atoms with Crippen LogP contribution in [0.3, 0.4) is 0 Å². The molecule has 0 radical (unpaired) electrons. The molecule has 1 saturated heterocycles. The van der Waals surface area contributed by atoms with Crippen molar-refractivity contribution in [1.29, 1.82) is 0 Å². The van der Waals surface area contributed by atoms with Crippen LogP contribution in [0.2, 0.25) is 0 Å². The summed E-state index contributed by atoms with van der Waals surface area (Å²) in [5.41, 5.74) is 1.69. The molecule has 4 rings (SSSR count). The number of amides is 1. The van der Waals surface area contributed by atoms with Crippen molar-refractivity contribution in [3.8, 4) is 0 Å². The van der Waals surface area contributed by atoms with E-state index in [1.54, 1.807) is 20.8 Å². The molecule has 3 aliphatic rings. The van der Waals surface area contributed by atoms with Crippen molar-refractivity contribution in [2.24, 2.45) is 11.8 Å². The molecule has 1 aromatic rings. The first-order chi connectivity index (χ1) is 15.9. The lowest BCUT2D eigenvalue weighted by atomic mass is 9.86. The van der Waals surface area contributed by atoms with Crippen molar-refractivity contribution in [3.05, 3.63) is 27.6 Å². The minimum absolute atomic E-state index is 0.0237. The van der Waals surface area contributed by atoms with Crippen molar-refractivity contribution in [3.63, 3.8) is 0 Å². The van der Waals surface area contributed by atoms with Gasteiger partial charge in [-0.1, -0.05) is 6.92 Å². The van der Waals surface area contributed by atoms with Gasteiger partial charge in [0.15, 0.2) is 0 Å². The molecule has 0 aromatic carbocycles. The lowest BCUT2D eigenvalue weighted by Gasteiger charge is -2.44. The van der Waals surface area contributed by atoms with Gasteiger partial charge in [-0.3, -0.25) is 19.9 Å². The summed E-state index contributed by atoms with van der Waals surface area (Å²) in [5, 5.41) is 14.9. The number of carbonyl (C=O) groups excluding carboxylic acids is 2. The molecule has 2 fully saturated rings. The standard InChI is InChI=1S/C24H34N4O6/c1-13-6-9-16-20(13)25-10-19(28(31)32)21(16)27-11-17(15-7-8-15)22(33-14(2)29)18(12-27)26-23(30)34-24(3,4)5/h10,13,15,17-18,22H,6-9,11-12H2,1-5H3,(H,26,30)/t13?,17-,18-,22-/m1/s1. The van der Waals surface area contributed by atoms with E-state index in [0.29, 0.717) is 18.2 Å². The van der Waals surface area contributed by atoms with Crippen molar-refractivity contribution >= 4 is 23.4 Å². The third-order valence-electron chi connectivity index (χ3n) is 6.87. The molecule has 4 atom stereocenters. The van der Waals surface area contributed by atoms with E-state index in [-0.39, 0.29) is 29.0 Å². The van der Waals surface area contributed by atoms with E-state index in [4.69, 9.17) is 9.47 Å². The Morgan fingerprint density at radius 1 is 1.24 bits per heavy atom. The summed E-state index contributed by atoms with van der Waals surface area (Å²) < 4.78 is 11.2. The van der Waals surface area contributed by atoms with Gasteiger partial charge < -0.3 is 19.7 Å². The van der Waals surface area contributed by atoms with Gasteiger partial charge in [0, 0.05) is 37.2 Å². The van der Waals surface area contributed by atoms with Gasteiger partial charge in [-0.05, 0) is 58.3 Å². The number of alkyl carbamates (subject to hydrolysis) is 1. The van der Waals surface area contributed by atoms with E-state index in [1.807, 2.05) is 4.90 Å². The van der Waals surface area contributed by atoms with E-state index in [9.17, 15) is 19.7 Å². The van der Waals surface area contributed by atoms with Gasteiger partial charge in [0.2, 0.25) is 0 Å². The van der Waals surface area contributed by atoms with Crippen LogP contribution in [0, 0.1) is 22.0 Å². The lowest BCUT2D eigenvalue weighted by Crippen LogP contribution is -2.61. The molecule has 1 saturated carbocycles. The Kier molecular flexibility index (Phi) is 6.44. The molecule has 0 bridgehead atoms. The highest BCUT2D eigenvalue weighted by atomic mass is 16.6. The summed E-state index contributed by atoms with van der Waals surface area (Å²) in [6.45, 7) is 9.57. The van der Waals surface area contributed by atoms with E-state index in [0.717, 1.165) is 36.9 Å². The van der Waals surface area contributed by atoms with E-state index in [2.05, 4.69) is 17.2 Å². The summed E-state index contributed by atoms with van der Waals surface area (Å²) in [4.78, 5) is 42.7. The first-order valence-electron chi connectivity index (χ1n) is 12.0. The van der Waals surface area contributed by atoms with Crippen LogP contribution < -0.4 is 10.2 Å². The maximum atomic E-state index is 12.7. The number of esters is 1. The molecule has 2 heterocycles. The number of ether oxygens (including phenoxy) is 2.